The number of ether oxygens (including phenoxy) is 1. The van der Waals surface area contributed by atoms with Gasteiger partial charge in [0.05, 0.1) is 6.04 Å². The third-order valence-corrected chi connectivity index (χ3v) is 8.18. The number of carbonyl (C=O) groups excluding carboxylic acids is 4. The number of amides is 3. The Balaban J connectivity index is 1.32. The molecule has 1 heterocycles. The van der Waals surface area contributed by atoms with Crippen molar-refractivity contribution < 1.29 is 23.9 Å². The zero-order valence-electron chi connectivity index (χ0n) is 22.7. The van der Waals surface area contributed by atoms with Crippen LogP contribution in [0.25, 0.3) is 0 Å². The maximum absolute atomic E-state index is 13.7. The summed E-state index contributed by atoms with van der Waals surface area (Å²) in [5, 5.41) is 2.79. The molecular weight excluding hydrogens is 496 g/mol. The van der Waals surface area contributed by atoms with Gasteiger partial charge in [-0.25, -0.2) is 0 Å². The van der Waals surface area contributed by atoms with Crippen LogP contribution in [-0.2, 0) is 42.5 Å². The predicted molar refractivity (Wildman–Crippen MR) is 145 cm³/mol. The highest BCUT2D eigenvalue weighted by molar-refractivity contribution is 6.15. The SMILES string of the molecule is CC(C)C(N)C(=O)Nc1ccc2c(c1)CC(=O)[C@@]21OCN(CC(=O)N(Cc2ccccc2)[C@@H](C)C2CC2)C1=O. The molecule has 3 N–H and O–H groups in total. The van der Waals surface area contributed by atoms with E-state index in [1.807, 2.05) is 49.1 Å². The standard InChI is InChI=1S/C30H36N4O5/c1-18(2)27(31)28(37)32-23-11-12-24-22(13-23)14-25(35)30(24)29(38)33(17-39-30)16-26(36)34(19(3)21-9-10-21)15-20-7-5-4-6-8-20/h4-8,11-13,18-19,21,27H,9-10,14-17,31H2,1-3H3,(H,32,37)/t19-,27?,30-/m0/s1. The maximum atomic E-state index is 13.7. The van der Waals surface area contributed by atoms with Crippen LogP contribution in [0.3, 0.4) is 0 Å². The smallest absolute Gasteiger partial charge is 0.269 e. The largest absolute Gasteiger partial charge is 0.334 e. The average Bonchev–Trinajstić information content (AvgIpc) is 3.67. The lowest BCUT2D eigenvalue weighted by atomic mass is 9.93. The summed E-state index contributed by atoms with van der Waals surface area (Å²) in [6.45, 7) is 5.94. The van der Waals surface area contributed by atoms with E-state index < -0.39 is 17.6 Å². The molecule has 2 aliphatic carbocycles. The van der Waals surface area contributed by atoms with Gasteiger partial charge in [-0.15, -0.1) is 0 Å². The highest BCUT2D eigenvalue weighted by Gasteiger charge is 2.59. The van der Waals surface area contributed by atoms with Gasteiger partial charge in [0.2, 0.25) is 17.4 Å². The molecule has 3 aliphatic rings. The lowest BCUT2D eigenvalue weighted by Crippen LogP contribution is -2.48. The number of anilines is 1. The Morgan fingerprint density at radius 1 is 1.13 bits per heavy atom. The van der Waals surface area contributed by atoms with Gasteiger partial charge < -0.3 is 25.6 Å². The van der Waals surface area contributed by atoms with E-state index >= 15 is 0 Å². The van der Waals surface area contributed by atoms with Crippen LogP contribution in [0.1, 0.15) is 50.3 Å². The number of fused-ring (bicyclic) bond motifs is 2. The summed E-state index contributed by atoms with van der Waals surface area (Å²) in [5.74, 6) is -0.940. The Hall–Kier alpha value is -3.56. The van der Waals surface area contributed by atoms with Crippen molar-refractivity contribution in [3.63, 3.8) is 0 Å². The number of nitrogens with zero attached hydrogens (tertiary/aromatic N) is 2. The zero-order valence-corrected chi connectivity index (χ0v) is 22.7. The number of hydrogen-bond donors (Lipinski definition) is 2. The first-order valence-electron chi connectivity index (χ1n) is 13.6. The molecule has 1 unspecified atom stereocenters. The summed E-state index contributed by atoms with van der Waals surface area (Å²) in [6.07, 6.45) is 2.18. The van der Waals surface area contributed by atoms with Crippen molar-refractivity contribution in [2.75, 3.05) is 18.6 Å². The highest BCUT2D eigenvalue weighted by Crippen LogP contribution is 2.43. The quantitative estimate of drug-likeness (QED) is 0.479. The molecule has 9 heteroatoms. The first-order valence-corrected chi connectivity index (χ1v) is 13.6. The normalized spacial score (nSPS) is 21.8. The van der Waals surface area contributed by atoms with Gasteiger partial charge in [-0.05, 0) is 54.9 Å². The molecule has 2 aromatic carbocycles. The van der Waals surface area contributed by atoms with Gasteiger partial charge in [-0.1, -0.05) is 50.2 Å². The van der Waals surface area contributed by atoms with Crippen LogP contribution in [0.5, 0.6) is 0 Å². The van der Waals surface area contributed by atoms with Crippen molar-refractivity contribution in [2.45, 2.75) is 64.3 Å². The van der Waals surface area contributed by atoms with E-state index in [4.69, 9.17) is 10.5 Å². The number of ketones is 1. The van der Waals surface area contributed by atoms with Crippen LogP contribution < -0.4 is 11.1 Å². The van der Waals surface area contributed by atoms with Crippen LogP contribution in [0.15, 0.2) is 48.5 Å². The van der Waals surface area contributed by atoms with Crippen LogP contribution in [0.4, 0.5) is 5.69 Å². The monoisotopic (exact) mass is 532 g/mol. The topological polar surface area (TPSA) is 122 Å². The number of Topliss-reactive ketones (excluding diaryl/α,β-unsaturated/α-hetero) is 1. The van der Waals surface area contributed by atoms with E-state index in [2.05, 4.69) is 12.2 Å². The van der Waals surface area contributed by atoms with Crippen molar-refractivity contribution in [3.8, 4) is 0 Å². The van der Waals surface area contributed by atoms with Crippen molar-refractivity contribution in [3.05, 3.63) is 65.2 Å². The third-order valence-electron chi connectivity index (χ3n) is 8.18. The van der Waals surface area contributed by atoms with E-state index in [1.54, 1.807) is 18.2 Å². The summed E-state index contributed by atoms with van der Waals surface area (Å²) >= 11 is 0. The average molecular weight is 533 g/mol. The van der Waals surface area contributed by atoms with Crippen molar-refractivity contribution in [2.24, 2.45) is 17.6 Å². The second kappa shape index (κ2) is 10.5. The highest BCUT2D eigenvalue weighted by atomic mass is 16.5. The minimum absolute atomic E-state index is 0.00164. The van der Waals surface area contributed by atoms with Gasteiger partial charge in [-0.2, -0.15) is 0 Å². The molecule has 1 aliphatic heterocycles. The van der Waals surface area contributed by atoms with Gasteiger partial charge in [0.15, 0.2) is 5.78 Å². The molecule has 1 saturated carbocycles. The minimum atomic E-state index is -1.75. The lowest BCUT2D eigenvalue weighted by molar-refractivity contribution is -0.149. The fraction of sp³-hybridized carbons (Fsp3) is 0.467. The summed E-state index contributed by atoms with van der Waals surface area (Å²) < 4.78 is 5.92. The number of nitrogens with one attached hydrogen (secondary N) is 1. The number of carbonyl (C=O) groups is 4. The van der Waals surface area contributed by atoms with Gasteiger partial charge in [0, 0.05) is 30.3 Å². The second-order valence-electron chi connectivity index (χ2n) is 11.3. The molecule has 9 nitrogen and oxygen atoms in total. The molecule has 3 atom stereocenters. The first-order chi connectivity index (χ1) is 18.6. The Morgan fingerprint density at radius 2 is 1.85 bits per heavy atom. The second-order valence-corrected chi connectivity index (χ2v) is 11.3. The Bertz CT molecular complexity index is 1290. The van der Waals surface area contributed by atoms with Crippen LogP contribution in [0.2, 0.25) is 0 Å². The summed E-state index contributed by atoms with van der Waals surface area (Å²) in [7, 11) is 0. The molecule has 2 fully saturated rings. The van der Waals surface area contributed by atoms with E-state index in [9.17, 15) is 19.2 Å². The van der Waals surface area contributed by atoms with E-state index in [0.29, 0.717) is 29.3 Å². The maximum Gasteiger partial charge on any atom is 0.269 e. The number of benzene rings is 2. The molecule has 0 aromatic heterocycles. The molecule has 3 amide bonds. The fourth-order valence-electron chi connectivity index (χ4n) is 5.49. The first kappa shape index (κ1) is 27.0. The number of nitrogens with two attached hydrogens (primary N) is 1. The Morgan fingerprint density at radius 3 is 2.51 bits per heavy atom. The van der Waals surface area contributed by atoms with Crippen LogP contribution in [-0.4, -0.2) is 58.7 Å². The minimum Gasteiger partial charge on any atom is -0.334 e. The molecule has 5 rings (SSSR count). The van der Waals surface area contributed by atoms with Crippen molar-refractivity contribution >= 4 is 29.2 Å². The Kier molecular flexibility index (Phi) is 7.31. The third kappa shape index (κ3) is 5.08. The molecule has 0 radical (unpaired) electrons. The molecule has 39 heavy (non-hydrogen) atoms. The number of hydrogen-bond acceptors (Lipinski definition) is 6. The van der Waals surface area contributed by atoms with Gasteiger partial charge >= 0.3 is 0 Å². The summed E-state index contributed by atoms with van der Waals surface area (Å²) in [4.78, 5) is 56.0. The zero-order chi connectivity index (χ0) is 27.9. The molecule has 1 saturated heterocycles. The van der Waals surface area contributed by atoms with Gasteiger partial charge in [0.25, 0.3) is 5.91 Å². The van der Waals surface area contributed by atoms with E-state index in [0.717, 1.165) is 18.4 Å². The van der Waals surface area contributed by atoms with Crippen molar-refractivity contribution in [1.29, 1.82) is 0 Å². The number of rotatable bonds is 9. The summed E-state index contributed by atoms with van der Waals surface area (Å²) in [6, 6.07) is 14.2. The van der Waals surface area contributed by atoms with Crippen LogP contribution in [0, 0.1) is 11.8 Å². The predicted octanol–water partition coefficient (Wildman–Crippen LogP) is 2.57. The molecular formula is C30H36N4O5. The van der Waals surface area contributed by atoms with Crippen molar-refractivity contribution in [1.82, 2.24) is 9.80 Å². The van der Waals surface area contributed by atoms with Gasteiger partial charge in [-0.3, -0.25) is 19.2 Å². The van der Waals surface area contributed by atoms with Gasteiger partial charge in [0.1, 0.15) is 13.3 Å². The summed E-state index contributed by atoms with van der Waals surface area (Å²) in [5.41, 5.74) is 6.80. The molecule has 206 valence electrons. The Labute approximate surface area is 228 Å². The molecule has 1 spiro atoms. The van der Waals surface area contributed by atoms with E-state index in [-0.39, 0.29) is 49.3 Å². The fourth-order valence-corrected chi connectivity index (χ4v) is 5.49. The van der Waals surface area contributed by atoms with Crippen LogP contribution >= 0.6 is 0 Å². The lowest BCUT2D eigenvalue weighted by Gasteiger charge is -2.31. The molecule has 0 bridgehead atoms. The molecule has 2 aromatic rings. The van der Waals surface area contributed by atoms with E-state index in [1.165, 1.54) is 4.90 Å².